The van der Waals surface area contributed by atoms with Crippen molar-refractivity contribution in [3.8, 4) is 0 Å². The van der Waals surface area contributed by atoms with Crippen LogP contribution >= 0.6 is 0 Å². The minimum Gasteiger partial charge on any atom is -0.218 e. The van der Waals surface area contributed by atoms with E-state index in [0.717, 1.165) is 5.69 Å². The molecule has 4 heteroatoms. The second-order valence-electron chi connectivity index (χ2n) is 3.28. The highest BCUT2D eigenvalue weighted by atomic mass is 19.1. The van der Waals surface area contributed by atoms with Crippen LogP contribution in [-0.4, -0.2) is 14.6 Å². The van der Waals surface area contributed by atoms with E-state index in [0.29, 0.717) is 11.6 Å². The first-order chi connectivity index (χ1) is 6.16. The molecule has 2 aromatic rings. The molecule has 0 radical (unpaired) electrons. The molecule has 2 aromatic heterocycles. The minimum atomic E-state index is -0.492. The van der Waals surface area contributed by atoms with Gasteiger partial charge in [-0.2, -0.15) is 14.5 Å². The Kier molecular flexibility index (Phi) is 1.76. The van der Waals surface area contributed by atoms with E-state index in [4.69, 9.17) is 0 Å². The summed E-state index contributed by atoms with van der Waals surface area (Å²) in [6.07, 6.45) is 1.28. The maximum Gasteiger partial charge on any atom is 0.233 e. The van der Waals surface area contributed by atoms with Gasteiger partial charge in [-0.1, -0.05) is 13.8 Å². The van der Waals surface area contributed by atoms with Crippen LogP contribution in [0.5, 0.6) is 0 Å². The van der Waals surface area contributed by atoms with Crippen molar-refractivity contribution >= 4 is 5.65 Å². The van der Waals surface area contributed by atoms with Crippen LogP contribution in [0.2, 0.25) is 0 Å². The highest BCUT2D eigenvalue weighted by molar-refractivity contribution is 5.36. The third-order valence-corrected chi connectivity index (χ3v) is 1.90. The van der Waals surface area contributed by atoms with E-state index in [1.54, 1.807) is 6.07 Å². The fourth-order valence-corrected chi connectivity index (χ4v) is 1.18. The largest absolute Gasteiger partial charge is 0.233 e. The molecule has 0 aliphatic carbocycles. The van der Waals surface area contributed by atoms with Crippen LogP contribution in [0.4, 0.5) is 4.39 Å². The average Bonchev–Trinajstić information content (AvgIpc) is 2.42. The van der Waals surface area contributed by atoms with Crippen LogP contribution in [0.15, 0.2) is 18.3 Å². The van der Waals surface area contributed by atoms with Crippen LogP contribution < -0.4 is 0 Å². The summed E-state index contributed by atoms with van der Waals surface area (Å²) in [5.41, 5.74) is 1.48. The number of fused-ring (bicyclic) bond motifs is 1. The van der Waals surface area contributed by atoms with Crippen molar-refractivity contribution < 1.29 is 4.39 Å². The standard InChI is InChI=1S/C9H10FN3/c1-6(2)7-3-4-9-11-8(10)5-13(9)12-7/h3-6H,1-2H3. The molecule has 0 unspecified atom stereocenters. The Hall–Kier alpha value is -1.45. The third-order valence-electron chi connectivity index (χ3n) is 1.90. The summed E-state index contributed by atoms with van der Waals surface area (Å²) in [7, 11) is 0. The normalized spacial score (nSPS) is 11.4. The van der Waals surface area contributed by atoms with Crippen molar-refractivity contribution in [2.24, 2.45) is 0 Å². The molecule has 0 aliphatic rings. The van der Waals surface area contributed by atoms with Gasteiger partial charge in [-0.15, -0.1) is 0 Å². The molecule has 0 atom stereocenters. The van der Waals surface area contributed by atoms with Crippen molar-refractivity contribution in [2.45, 2.75) is 19.8 Å². The summed E-state index contributed by atoms with van der Waals surface area (Å²) in [5.74, 6) is -0.150. The zero-order valence-electron chi connectivity index (χ0n) is 7.53. The number of halogens is 1. The number of hydrogen-bond donors (Lipinski definition) is 0. The van der Waals surface area contributed by atoms with E-state index in [-0.39, 0.29) is 0 Å². The number of nitrogens with zero attached hydrogens (tertiary/aromatic N) is 3. The molecule has 0 aromatic carbocycles. The summed E-state index contributed by atoms with van der Waals surface area (Å²) in [5, 5.41) is 4.21. The number of hydrogen-bond acceptors (Lipinski definition) is 2. The zero-order valence-corrected chi connectivity index (χ0v) is 7.53. The maximum absolute atomic E-state index is 12.7. The van der Waals surface area contributed by atoms with Crippen molar-refractivity contribution in [1.82, 2.24) is 14.6 Å². The van der Waals surface area contributed by atoms with Gasteiger partial charge < -0.3 is 0 Å². The Morgan fingerprint density at radius 1 is 1.38 bits per heavy atom. The lowest BCUT2D eigenvalue weighted by atomic mass is 10.1. The van der Waals surface area contributed by atoms with Gasteiger partial charge in [-0.05, 0) is 18.1 Å². The summed E-state index contributed by atoms with van der Waals surface area (Å²) < 4.78 is 14.1. The first kappa shape index (κ1) is 8.16. The zero-order chi connectivity index (χ0) is 9.42. The van der Waals surface area contributed by atoms with Gasteiger partial charge in [0.2, 0.25) is 5.95 Å². The van der Waals surface area contributed by atoms with Crippen molar-refractivity contribution in [3.05, 3.63) is 30.0 Å². The lowest BCUT2D eigenvalue weighted by Crippen LogP contribution is -1.98. The average molecular weight is 179 g/mol. The summed E-state index contributed by atoms with van der Waals surface area (Å²) in [6, 6.07) is 3.64. The molecule has 2 heterocycles. The van der Waals surface area contributed by atoms with E-state index in [9.17, 15) is 4.39 Å². The molecule has 13 heavy (non-hydrogen) atoms. The Morgan fingerprint density at radius 3 is 2.85 bits per heavy atom. The molecular formula is C9H10FN3. The summed E-state index contributed by atoms with van der Waals surface area (Å²) in [4.78, 5) is 3.65. The second-order valence-corrected chi connectivity index (χ2v) is 3.28. The monoisotopic (exact) mass is 179 g/mol. The Balaban J connectivity index is 2.61. The van der Waals surface area contributed by atoms with Gasteiger partial charge in [0.15, 0.2) is 5.65 Å². The van der Waals surface area contributed by atoms with Crippen LogP contribution in [0.1, 0.15) is 25.5 Å². The van der Waals surface area contributed by atoms with Gasteiger partial charge >= 0.3 is 0 Å². The second kappa shape index (κ2) is 2.80. The van der Waals surface area contributed by atoms with Gasteiger partial charge in [0.05, 0.1) is 11.9 Å². The Morgan fingerprint density at radius 2 is 2.15 bits per heavy atom. The van der Waals surface area contributed by atoms with Gasteiger partial charge in [0, 0.05) is 0 Å². The molecule has 0 N–H and O–H groups in total. The minimum absolute atomic E-state index is 0.342. The summed E-state index contributed by atoms with van der Waals surface area (Å²) in [6.45, 7) is 4.09. The first-order valence-electron chi connectivity index (χ1n) is 4.18. The van der Waals surface area contributed by atoms with E-state index >= 15 is 0 Å². The van der Waals surface area contributed by atoms with Gasteiger partial charge in [0.25, 0.3) is 0 Å². The molecule has 0 bridgehead atoms. The molecule has 0 spiro atoms. The van der Waals surface area contributed by atoms with Crippen LogP contribution in [0.3, 0.4) is 0 Å². The Labute approximate surface area is 75.2 Å². The molecular weight excluding hydrogens is 169 g/mol. The van der Waals surface area contributed by atoms with Crippen molar-refractivity contribution in [2.75, 3.05) is 0 Å². The van der Waals surface area contributed by atoms with E-state index < -0.39 is 5.95 Å². The van der Waals surface area contributed by atoms with Crippen molar-refractivity contribution in [3.63, 3.8) is 0 Å². The Bertz CT molecular complexity index is 433. The highest BCUT2D eigenvalue weighted by Crippen LogP contribution is 2.11. The smallest absolute Gasteiger partial charge is 0.218 e. The first-order valence-corrected chi connectivity index (χ1v) is 4.18. The van der Waals surface area contributed by atoms with Gasteiger partial charge in [0.1, 0.15) is 0 Å². The van der Waals surface area contributed by atoms with E-state index in [1.807, 2.05) is 19.9 Å². The number of aromatic nitrogens is 3. The topological polar surface area (TPSA) is 30.2 Å². The fraction of sp³-hybridized carbons (Fsp3) is 0.333. The van der Waals surface area contributed by atoms with Gasteiger partial charge in [-0.25, -0.2) is 4.52 Å². The van der Waals surface area contributed by atoms with Crippen molar-refractivity contribution in [1.29, 1.82) is 0 Å². The van der Waals surface area contributed by atoms with E-state index in [2.05, 4.69) is 10.1 Å². The van der Waals surface area contributed by atoms with E-state index in [1.165, 1.54) is 10.7 Å². The lowest BCUT2D eigenvalue weighted by Gasteiger charge is -2.02. The predicted molar refractivity (Wildman–Crippen MR) is 47.0 cm³/mol. The van der Waals surface area contributed by atoms with Crippen LogP contribution in [-0.2, 0) is 0 Å². The molecule has 0 saturated carbocycles. The van der Waals surface area contributed by atoms with Crippen LogP contribution in [0, 0.1) is 5.95 Å². The quantitative estimate of drug-likeness (QED) is 0.670. The SMILES string of the molecule is CC(C)c1ccc2nc(F)cn2n1. The third kappa shape index (κ3) is 1.39. The van der Waals surface area contributed by atoms with Crippen LogP contribution in [0.25, 0.3) is 5.65 Å². The highest BCUT2D eigenvalue weighted by Gasteiger charge is 2.04. The molecule has 0 fully saturated rings. The molecule has 0 aliphatic heterocycles. The fourth-order valence-electron chi connectivity index (χ4n) is 1.18. The molecule has 0 saturated heterocycles. The molecule has 0 amide bonds. The summed E-state index contributed by atoms with van der Waals surface area (Å²) >= 11 is 0. The molecule has 68 valence electrons. The van der Waals surface area contributed by atoms with Gasteiger partial charge in [-0.3, -0.25) is 0 Å². The molecule has 2 rings (SSSR count). The predicted octanol–water partition coefficient (Wildman–Crippen LogP) is 1.99. The number of imidazole rings is 1. The number of rotatable bonds is 1. The lowest BCUT2D eigenvalue weighted by molar-refractivity contribution is 0.590. The maximum atomic E-state index is 12.7. The molecule has 3 nitrogen and oxygen atoms in total.